The Morgan fingerprint density at radius 2 is 2.00 bits per heavy atom. The molecule has 0 aliphatic heterocycles. The quantitative estimate of drug-likeness (QED) is 0.823. The number of hydrogen-bond acceptors (Lipinski definition) is 5. The van der Waals surface area contributed by atoms with Gasteiger partial charge in [0, 0.05) is 0 Å². The van der Waals surface area contributed by atoms with E-state index in [1.165, 1.54) is 25.7 Å². The molecular formula is C11H19N3OS. The van der Waals surface area contributed by atoms with Crippen LogP contribution in [-0.4, -0.2) is 16.4 Å². The van der Waals surface area contributed by atoms with Crippen LogP contribution in [0.3, 0.4) is 0 Å². The highest BCUT2D eigenvalue weighted by Gasteiger charge is 2.33. The van der Waals surface area contributed by atoms with Crippen molar-refractivity contribution in [1.29, 1.82) is 0 Å². The van der Waals surface area contributed by atoms with Gasteiger partial charge in [0.2, 0.25) is 5.89 Å². The Hall–Kier alpha value is -0.550. The van der Waals surface area contributed by atoms with Gasteiger partial charge in [-0.1, -0.05) is 30.8 Å². The lowest BCUT2D eigenvalue weighted by atomic mass is 9.91. The summed E-state index contributed by atoms with van der Waals surface area (Å²) in [5.41, 5.74) is 6.05. The Labute approximate surface area is 100 Å². The molecule has 1 aliphatic rings. The van der Waals surface area contributed by atoms with Gasteiger partial charge in [-0.3, -0.25) is 0 Å². The number of thioether (sulfide) groups is 1. The monoisotopic (exact) mass is 241 g/mol. The molecule has 1 heterocycles. The van der Waals surface area contributed by atoms with Crippen LogP contribution in [0.4, 0.5) is 0 Å². The molecule has 1 aromatic rings. The fourth-order valence-electron chi connectivity index (χ4n) is 2.22. The van der Waals surface area contributed by atoms with Gasteiger partial charge in [0.1, 0.15) is 0 Å². The lowest BCUT2D eigenvalue weighted by molar-refractivity contribution is 0.327. The van der Waals surface area contributed by atoms with E-state index >= 15 is 0 Å². The van der Waals surface area contributed by atoms with Crippen molar-refractivity contribution in [2.24, 2.45) is 5.73 Å². The van der Waals surface area contributed by atoms with Crippen LogP contribution in [0, 0.1) is 0 Å². The van der Waals surface area contributed by atoms with E-state index in [1.807, 2.05) is 6.26 Å². The molecule has 0 spiro atoms. The number of rotatable bonds is 3. The second-order valence-electron chi connectivity index (χ2n) is 4.52. The van der Waals surface area contributed by atoms with Crippen molar-refractivity contribution in [3.8, 4) is 0 Å². The second kappa shape index (κ2) is 5.19. The summed E-state index contributed by atoms with van der Waals surface area (Å²) in [4.78, 5) is 4.41. The first-order valence-electron chi connectivity index (χ1n) is 5.85. The average molecular weight is 241 g/mol. The topological polar surface area (TPSA) is 64.9 Å². The summed E-state index contributed by atoms with van der Waals surface area (Å²) >= 11 is 1.68. The van der Waals surface area contributed by atoms with Gasteiger partial charge in [0.15, 0.2) is 5.82 Å². The fourth-order valence-corrected chi connectivity index (χ4v) is 2.59. The zero-order valence-electron chi connectivity index (χ0n) is 9.74. The molecule has 0 saturated heterocycles. The van der Waals surface area contributed by atoms with Crippen LogP contribution in [-0.2, 0) is 11.3 Å². The van der Waals surface area contributed by atoms with Gasteiger partial charge in [-0.15, -0.1) is 0 Å². The Kier molecular flexibility index (Phi) is 3.86. The van der Waals surface area contributed by atoms with Crippen LogP contribution in [0.25, 0.3) is 0 Å². The first-order valence-corrected chi connectivity index (χ1v) is 7.25. The number of nitrogens with two attached hydrogens (primary N) is 1. The highest BCUT2D eigenvalue weighted by atomic mass is 32.2. The average Bonchev–Trinajstić information content (AvgIpc) is 2.63. The maximum atomic E-state index is 6.40. The van der Waals surface area contributed by atoms with Gasteiger partial charge in [-0.2, -0.15) is 16.7 Å². The summed E-state index contributed by atoms with van der Waals surface area (Å²) in [6.07, 6.45) is 8.86. The Morgan fingerprint density at radius 1 is 1.31 bits per heavy atom. The second-order valence-corrected chi connectivity index (χ2v) is 5.38. The molecule has 2 N–H and O–H groups in total. The Morgan fingerprint density at radius 3 is 2.62 bits per heavy atom. The molecule has 0 aromatic carbocycles. The fraction of sp³-hybridized carbons (Fsp3) is 0.818. The largest absolute Gasteiger partial charge is 0.338 e. The molecule has 1 aromatic heterocycles. The summed E-state index contributed by atoms with van der Waals surface area (Å²) < 4.78 is 5.20. The Bertz CT molecular complexity index is 332. The van der Waals surface area contributed by atoms with Crippen molar-refractivity contribution in [3.63, 3.8) is 0 Å². The predicted octanol–water partition coefficient (Wildman–Crippen LogP) is 2.44. The van der Waals surface area contributed by atoms with E-state index in [9.17, 15) is 0 Å². The molecule has 1 saturated carbocycles. The third kappa shape index (κ3) is 2.58. The molecule has 5 heteroatoms. The molecular weight excluding hydrogens is 222 g/mol. The SMILES string of the molecule is CSCc1nc(C2(N)CCCCCC2)no1. The molecule has 0 amide bonds. The van der Waals surface area contributed by atoms with Gasteiger partial charge in [0.25, 0.3) is 0 Å². The van der Waals surface area contributed by atoms with Crippen LogP contribution >= 0.6 is 11.8 Å². The van der Waals surface area contributed by atoms with Crippen molar-refractivity contribution < 1.29 is 4.52 Å². The summed E-state index contributed by atoms with van der Waals surface area (Å²) in [5.74, 6) is 2.17. The number of nitrogens with zero attached hydrogens (tertiary/aromatic N) is 2. The highest BCUT2D eigenvalue weighted by Crippen LogP contribution is 2.32. The van der Waals surface area contributed by atoms with Crippen LogP contribution in [0.1, 0.15) is 50.2 Å². The van der Waals surface area contributed by atoms with Crippen molar-refractivity contribution >= 4 is 11.8 Å². The van der Waals surface area contributed by atoms with E-state index in [4.69, 9.17) is 10.3 Å². The van der Waals surface area contributed by atoms with Crippen LogP contribution in [0.15, 0.2) is 4.52 Å². The van der Waals surface area contributed by atoms with E-state index in [0.29, 0.717) is 11.7 Å². The maximum absolute atomic E-state index is 6.40. The minimum absolute atomic E-state index is 0.351. The third-order valence-electron chi connectivity index (χ3n) is 3.18. The van der Waals surface area contributed by atoms with E-state index in [1.54, 1.807) is 11.8 Å². The minimum Gasteiger partial charge on any atom is -0.338 e. The first kappa shape index (κ1) is 11.9. The predicted molar refractivity (Wildman–Crippen MR) is 65.1 cm³/mol. The van der Waals surface area contributed by atoms with Gasteiger partial charge < -0.3 is 10.3 Å². The lowest BCUT2D eigenvalue weighted by Crippen LogP contribution is -2.37. The molecule has 16 heavy (non-hydrogen) atoms. The molecule has 1 fully saturated rings. The molecule has 0 radical (unpaired) electrons. The maximum Gasteiger partial charge on any atom is 0.236 e. The van der Waals surface area contributed by atoms with E-state index < -0.39 is 0 Å². The molecule has 0 atom stereocenters. The normalized spacial score (nSPS) is 20.6. The first-order chi connectivity index (χ1) is 7.74. The lowest BCUT2D eigenvalue weighted by Gasteiger charge is -2.23. The van der Waals surface area contributed by atoms with Gasteiger partial charge in [-0.05, 0) is 19.1 Å². The van der Waals surface area contributed by atoms with Crippen LogP contribution in [0.2, 0.25) is 0 Å². The summed E-state index contributed by atoms with van der Waals surface area (Å²) in [7, 11) is 0. The van der Waals surface area contributed by atoms with Crippen molar-refractivity contribution in [3.05, 3.63) is 11.7 Å². The molecule has 90 valence electrons. The molecule has 2 rings (SSSR count). The van der Waals surface area contributed by atoms with Crippen molar-refractivity contribution in [2.45, 2.75) is 49.8 Å². The summed E-state index contributed by atoms with van der Waals surface area (Å²) in [5, 5.41) is 4.05. The van der Waals surface area contributed by atoms with Gasteiger partial charge in [0.05, 0.1) is 11.3 Å². The third-order valence-corrected chi connectivity index (χ3v) is 3.71. The van der Waals surface area contributed by atoms with Gasteiger partial charge in [-0.25, -0.2) is 0 Å². The van der Waals surface area contributed by atoms with Crippen molar-refractivity contribution in [2.75, 3.05) is 6.26 Å². The molecule has 1 aliphatic carbocycles. The zero-order chi connectivity index (χ0) is 11.4. The molecule has 4 nitrogen and oxygen atoms in total. The number of hydrogen-bond donors (Lipinski definition) is 1. The summed E-state index contributed by atoms with van der Waals surface area (Å²) in [6, 6.07) is 0. The minimum atomic E-state index is -0.351. The Balaban J connectivity index is 2.13. The van der Waals surface area contributed by atoms with E-state index in [-0.39, 0.29) is 5.54 Å². The van der Waals surface area contributed by atoms with E-state index in [0.717, 1.165) is 18.6 Å². The van der Waals surface area contributed by atoms with Crippen molar-refractivity contribution in [1.82, 2.24) is 10.1 Å². The van der Waals surface area contributed by atoms with Crippen LogP contribution < -0.4 is 5.73 Å². The van der Waals surface area contributed by atoms with Crippen LogP contribution in [0.5, 0.6) is 0 Å². The standard InChI is InChI=1S/C11H19N3OS/c1-16-8-9-13-10(14-15-9)11(12)6-4-2-3-5-7-11/h2-8,12H2,1H3. The van der Waals surface area contributed by atoms with Gasteiger partial charge >= 0.3 is 0 Å². The highest BCUT2D eigenvalue weighted by molar-refractivity contribution is 7.97. The van der Waals surface area contributed by atoms with E-state index in [2.05, 4.69) is 10.1 Å². The number of aromatic nitrogens is 2. The summed E-state index contributed by atoms with van der Waals surface area (Å²) in [6.45, 7) is 0. The molecule has 0 unspecified atom stereocenters. The smallest absolute Gasteiger partial charge is 0.236 e. The molecule has 0 bridgehead atoms. The zero-order valence-corrected chi connectivity index (χ0v) is 10.6.